The van der Waals surface area contributed by atoms with Gasteiger partial charge in [-0.2, -0.15) is 5.10 Å². The second kappa shape index (κ2) is 5.29. The van der Waals surface area contributed by atoms with Crippen LogP contribution >= 0.6 is 0 Å². The molecular weight excluding hydrogens is 248 g/mol. The van der Waals surface area contributed by atoms with Crippen molar-refractivity contribution < 1.29 is 14.7 Å². The van der Waals surface area contributed by atoms with E-state index in [1.807, 2.05) is 0 Å². The lowest BCUT2D eigenvalue weighted by molar-refractivity contribution is -0.144. The molecule has 0 bridgehead atoms. The number of carbonyl (C=O) groups is 2. The van der Waals surface area contributed by atoms with Crippen LogP contribution in [0, 0.1) is 0 Å². The van der Waals surface area contributed by atoms with Crippen LogP contribution in [0.4, 0.5) is 4.79 Å². The molecule has 1 aliphatic carbocycles. The number of nitrogens with zero attached hydrogens (tertiary/aromatic N) is 2. The first kappa shape index (κ1) is 13.4. The van der Waals surface area contributed by atoms with Gasteiger partial charge in [-0.25, -0.2) is 9.59 Å². The molecule has 1 saturated carbocycles. The Bertz CT molecular complexity index is 452. The van der Waals surface area contributed by atoms with Gasteiger partial charge in [-0.15, -0.1) is 0 Å². The van der Waals surface area contributed by atoms with Crippen LogP contribution in [0.25, 0.3) is 0 Å². The Balaban J connectivity index is 1.97. The molecule has 1 heterocycles. The summed E-state index contributed by atoms with van der Waals surface area (Å²) in [7, 11) is 1.63. The minimum absolute atomic E-state index is 0.370. The van der Waals surface area contributed by atoms with Gasteiger partial charge in [0.2, 0.25) is 0 Å². The van der Waals surface area contributed by atoms with Gasteiger partial charge < -0.3 is 15.3 Å². The summed E-state index contributed by atoms with van der Waals surface area (Å²) < 4.78 is 0. The van der Waals surface area contributed by atoms with E-state index in [-0.39, 0.29) is 6.03 Å². The molecule has 2 rings (SSSR count). The third-order valence-electron chi connectivity index (χ3n) is 3.53. The zero-order chi connectivity index (χ0) is 13.9. The van der Waals surface area contributed by atoms with E-state index in [0.717, 1.165) is 18.4 Å². The fourth-order valence-electron chi connectivity index (χ4n) is 2.38. The number of aromatic amines is 1. The molecule has 0 aliphatic heterocycles. The van der Waals surface area contributed by atoms with Crippen molar-refractivity contribution in [3.05, 3.63) is 18.0 Å². The highest BCUT2D eigenvalue weighted by atomic mass is 16.4. The lowest BCUT2D eigenvalue weighted by Crippen LogP contribution is -2.55. The quantitative estimate of drug-likeness (QED) is 0.755. The molecule has 104 valence electrons. The Morgan fingerprint density at radius 2 is 2.21 bits per heavy atom. The topological polar surface area (TPSA) is 98.3 Å². The number of hydrogen-bond acceptors (Lipinski definition) is 3. The van der Waals surface area contributed by atoms with Gasteiger partial charge in [0.15, 0.2) is 0 Å². The number of amides is 2. The zero-order valence-electron chi connectivity index (χ0n) is 10.8. The third-order valence-corrected chi connectivity index (χ3v) is 3.53. The summed E-state index contributed by atoms with van der Waals surface area (Å²) >= 11 is 0. The number of aromatic nitrogens is 2. The number of urea groups is 1. The highest BCUT2D eigenvalue weighted by molar-refractivity contribution is 5.86. The number of hydrogen-bond donors (Lipinski definition) is 3. The van der Waals surface area contributed by atoms with Crippen molar-refractivity contribution in [1.29, 1.82) is 0 Å². The normalized spacial score (nSPS) is 17.1. The molecule has 1 aromatic heterocycles. The van der Waals surface area contributed by atoms with Gasteiger partial charge in [0, 0.05) is 18.8 Å². The predicted octanol–water partition coefficient (Wildman–Crippen LogP) is 0.948. The number of carboxylic acids is 1. The van der Waals surface area contributed by atoms with E-state index in [4.69, 9.17) is 0 Å². The first-order chi connectivity index (χ1) is 9.03. The molecule has 0 saturated heterocycles. The Kier molecular flexibility index (Phi) is 3.73. The fourth-order valence-corrected chi connectivity index (χ4v) is 2.38. The average molecular weight is 266 g/mol. The maximum atomic E-state index is 12.1. The molecular formula is C12H18N4O3. The van der Waals surface area contributed by atoms with Gasteiger partial charge in [-0.1, -0.05) is 12.8 Å². The Labute approximate surface area is 111 Å². The highest BCUT2D eigenvalue weighted by Gasteiger charge is 2.43. The van der Waals surface area contributed by atoms with Crippen molar-refractivity contribution >= 4 is 12.0 Å². The number of H-pyrrole nitrogens is 1. The van der Waals surface area contributed by atoms with E-state index in [1.165, 1.54) is 4.90 Å². The summed E-state index contributed by atoms with van der Waals surface area (Å²) in [6.07, 6.45) is 5.98. The summed E-state index contributed by atoms with van der Waals surface area (Å²) in [5.41, 5.74) is -0.227. The van der Waals surface area contributed by atoms with Crippen LogP contribution in [-0.4, -0.2) is 44.8 Å². The van der Waals surface area contributed by atoms with Crippen LogP contribution in [0.5, 0.6) is 0 Å². The van der Waals surface area contributed by atoms with Crippen LogP contribution in [-0.2, 0) is 11.3 Å². The SMILES string of the molecule is CN(Cc1cn[nH]c1)C(=O)NC1(C(=O)O)CCCC1. The molecule has 0 aromatic carbocycles. The standard InChI is InChI=1S/C12H18N4O3/c1-16(8-9-6-13-14-7-9)11(19)15-12(10(17)18)4-2-3-5-12/h6-7H,2-5,8H2,1H3,(H,13,14)(H,15,19)(H,17,18). The molecule has 1 fully saturated rings. The first-order valence-electron chi connectivity index (χ1n) is 6.28. The smallest absolute Gasteiger partial charge is 0.329 e. The van der Waals surface area contributed by atoms with Crippen molar-refractivity contribution in [1.82, 2.24) is 20.4 Å². The maximum Gasteiger partial charge on any atom is 0.329 e. The molecule has 0 atom stereocenters. The molecule has 3 N–H and O–H groups in total. The molecule has 0 spiro atoms. The van der Waals surface area contributed by atoms with Crippen LogP contribution in [0.1, 0.15) is 31.2 Å². The third kappa shape index (κ3) is 2.86. The number of carboxylic acid groups (broad SMARTS) is 1. The van der Waals surface area contributed by atoms with Gasteiger partial charge in [-0.05, 0) is 12.8 Å². The Morgan fingerprint density at radius 3 is 2.74 bits per heavy atom. The van der Waals surface area contributed by atoms with Gasteiger partial charge in [0.25, 0.3) is 0 Å². The van der Waals surface area contributed by atoms with E-state index in [2.05, 4.69) is 15.5 Å². The van der Waals surface area contributed by atoms with Crippen LogP contribution < -0.4 is 5.32 Å². The molecule has 2 amide bonds. The summed E-state index contributed by atoms with van der Waals surface area (Å²) in [4.78, 5) is 24.9. The summed E-state index contributed by atoms with van der Waals surface area (Å²) in [5, 5.41) is 18.4. The minimum Gasteiger partial charge on any atom is -0.480 e. The number of nitrogens with one attached hydrogen (secondary N) is 2. The molecule has 19 heavy (non-hydrogen) atoms. The number of aliphatic carboxylic acids is 1. The second-order valence-electron chi connectivity index (χ2n) is 4.99. The molecule has 7 heteroatoms. The van der Waals surface area contributed by atoms with E-state index < -0.39 is 11.5 Å². The van der Waals surface area contributed by atoms with E-state index in [1.54, 1.807) is 19.4 Å². The molecule has 0 unspecified atom stereocenters. The highest BCUT2D eigenvalue weighted by Crippen LogP contribution is 2.30. The van der Waals surface area contributed by atoms with Gasteiger partial charge in [-0.3, -0.25) is 5.10 Å². The van der Waals surface area contributed by atoms with E-state index >= 15 is 0 Å². The van der Waals surface area contributed by atoms with Crippen molar-refractivity contribution in [3.63, 3.8) is 0 Å². The van der Waals surface area contributed by atoms with Crippen molar-refractivity contribution in [2.45, 2.75) is 37.8 Å². The summed E-state index contributed by atoms with van der Waals surface area (Å²) in [5.74, 6) is -0.949. The molecule has 0 radical (unpaired) electrons. The van der Waals surface area contributed by atoms with Crippen LogP contribution in [0.3, 0.4) is 0 Å². The maximum absolute atomic E-state index is 12.1. The number of carbonyl (C=O) groups excluding carboxylic acids is 1. The largest absolute Gasteiger partial charge is 0.480 e. The predicted molar refractivity (Wildman–Crippen MR) is 67.4 cm³/mol. The van der Waals surface area contributed by atoms with Crippen molar-refractivity contribution in [2.75, 3.05) is 7.05 Å². The van der Waals surface area contributed by atoms with Crippen LogP contribution in [0.15, 0.2) is 12.4 Å². The first-order valence-corrected chi connectivity index (χ1v) is 6.28. The van der Waals surface area contributed by atoms with E-state index in [9.17, 15) is 14.7 Å². The monoisotopic (exact) mass is 266 g/mol. The minimum atomic E-state index is -1.10. The van der Waals surface area contributed by atoms with Crippen LogP contribution in [0.2, 0.25) is 0 Å². The lowest BCUT2D eigenvalue weighted by atomic mass is 9.98. The summed E-state index contributed by atoms with van der Waals surface area (Å²) in [6.45, 7) is 0.387. The van der Waals surface area contributed by atoms with Crippen molar-refractivity contribution in [2.24, 2.45) is 0 Å². The molecule has 7 nitrogen and oxygen atoms in total. The summed E-state index contributed by atoms with van der Waals surface area (Å²) in [6, 6.07) is -0.370. The van der Waals surface area contributed by atoms with Gasteiger partial charge in [0.05, 0.1) is 12.7 Å². The lowest BCUT2D eigenvalue weighted by Gasteiger charge is -2.28. The number of rotatable bonds is 4. The zero-order valence-corrected chi connectivity index (χ0v) is 10.8. The van der Waals surface area contributed by atoms with Gasteiger partial charge in [0.1, 0.15) is 5.54 Å². The molecule has 1 aromatic rings. The second-order valence-corrected chi connectivity index (χ2v) is 4.99. The fraction of sp³-hybridized carbons (Fsp3) is 0.583. The van der Waals surface area contributed by atoms with Gasteiger partial charge >= 0.3 is 12.0 Å². The Hall–Kier alpha value is -2.05. The van der Waals surface area contributed by atoms with E-state index in [0.29, 0.717) is 19.4 Å². The Morgan fingerprint density at radius 1 is 1.53 bits per heavy atom. The molecule has 1 aliphatic rings. The van der Waals surface area contributed by atoms with Crippen molar-refractivity contribution in [3.8, 4) is 0 Å². The average Bonchev–Trinajstić information content (AvgIpc) is 3.00.